The van der Waals surface area contributed by atoms with E-state index in [9.17, 15) is 5.26 Å². The minimum Gasteiger partial charge on any atom is -0.377 e. The summed E-state index contributed by atoms with van der Waals surface area (Å²) >= 11 is 0. The summed E-state index contributed by atoms with van der Waals surface area (Å²) in [6.45, 7) is 13.1. The Morgan fingerprint density at radius 3 is 2.35 bits per heavy atom. The van der Waals surface area contributed by atoms with E-state index in [1.165, 1.54) is 0 Å². The maximum atomic E-state index is 9.45. The van der Waals surface area contributed by atoms with Gasteiger partial charge in [0.25, 0.3) is 0 Å². The Hall–Kier alpha value is -0.630. The van der Waals surface area contributed by atoms with Crippen LogP contribution in [0.2, 0.25) is 0 Å². The van der Waals surface area contributed by atoms with E-state index in [1.807, 2.05) is 0 Å². The van der Waals surface area contributed by atoms with Crippen molar-refractivity contribution in [3.63, 3.8) is 0 Å². The SMILES string of the molecule is CCC(C#N)(CCCN(C)CCOC(C)C)NC(C)C. The minimum absolute atomic E-state index is 0.296. The first-order chi connectivity index (χ1) is 9.35. The predicted octanol–water partition coefficient (Wildman–Crippen LogP) is 2.79. The second-order valence-corrected chi connectivity index (χ2v) is 6.17. The fraction of sp³-hybridized carbons (Fsp3) is 0.938. The van der Waals surface area contributed by atoms with E-state index in [1.54, 1.807) is 0 Å². The number of ether oxygens (including phenoxy) is 1. The van der Waals surface area contributed by atoms with Gasteiger partial charge in [0.1, 0.15) is 5.54 Å². The van der Waals surface area contributed by atoms with Gasteiger partial charge in [0.15, 0.2) is 0 Å². The number of hydrogen-bond acceptors (Lipinski definition) is 4. The summed E-state index contributed by atoms with van der Waals surface area (Å²) in [6, 6.07) is 2.81. The number of rotatable bonds is 11. The molecule has 0 spiro atoms. The zero-order valence-electron chi connectivity index (χ0n) is 14.2. The molecule has 1 unspecified atom stereocenters. The van der Waals surface area contributed by atoms with Gasteiger partial charge >= 0.3 is 0 Å². The lowest BCUT2D eigenvalue weighted by molar-refractivity contribution is 0.0633. The van der Waals surface area contributed by atoms with Gasteiger partial charge in [-0.25, -0.2) is 0 Å². The molecule has 0 aliphatic rings. The van der Waals surface area contributed by atoms with Gasteiger partial charge < -0.3 is 9.64 Å². The first-order valence-corrected chi connectivity index (χ1v) is 7.84. The number of likely N-dealkylation sites (N-methyl/N-ethyl adjacent to an activating group) is 1. The zero-order chi connectivity index (χ0) is 15.6. The Morgan fingerprint density at radius 1 is 1.25 bits per heavy atom. The molecule has 4 nitrogen and oxygen atoms in total. The minimum atomic E-state index is -0.372. The third-order valence-electron chi connectivity index (χ3n) is 3.45. The average molecular weight is 283 g/mol. The van der Waals surface area contributed by atoms with E-state index in [-0.39, 0.29) is 5.54 Å². The van der Waals surface area contributed by atoms with Crippen LogP contribution in [-0.4, -0.2) is 49.3 Å². The highest BCUT2D eigenvalue weighted by atomic mass is 16.5. The number of nitrogens with one attached hydrogen (secondary N) is 1. The maximum absolute atomic E-state index is 9.45. The van der Waals surface area contributed by atoms with Crippen LogP contribution in [0.25, 0.3) is 0 Å². The molecule has 0 aromatic heterocycles. The molecule has 0 rings (SSSR count). The van der Waals surface area contributed by atoms with Gasteiger partial charge in [0.05, 0.1) is 18.8 Å². The summed E-state index contributed by atoms with van der Waals surface area (Å²) in [5, 5.41) is 12.9. The molecule has 0 heterocycles. The van der Waals surface area contributed by atoms with Crippen molar-refractivity contribution >= 4 is 0 Å². The molecule has 0 radical (unpaired) electrons. The molecule has 0 amide bonds. The van der Waals surface area contributed by atoms with Crippen molar-refractivity contribution in [1.82, 2.24) is 10.2 Å². The molecule has 0 aliphatic carbocycles. The van der Waals surface area contributed by atoms with Crippen LogP contribution >= 0.6 is 0 Å². The quantitative estimate of drug-likeness (QED) is 0.633. The molecule has 118 valence electrons. The third kappa shape index (κ3) is 8.52. The van der Waals surface area contributed by atoms with E-state index < -0.39 is 0 Å². The van der Waals surface area contributed by atoms with E-state index in [0.29, 0.717) is 12.1 Å². The average Bonchev–Trinajstić information content (AvgIpc) is 2.36. The Bertz CT molecular complexity index is 286. The molecular formula is C16H33N3O. The molecule has 20 heavy (non-hydrogen) atoms. The second-order valence-electron chi connectivity index (χ2n) is 6.17. The molecule has 0 aromatic rings. The Kier molecular flexibility index (Phi) is 9.83. The van der Waals surface area contributed by atoms with Crippen molar-refractivity contribution < 1.29 is 4.74 Å². The summed E-state index contributed by atoms with van der Waals surface area (Å²) in [7, 11) is 2.11. The lowest BCUT2D eigenvalue weighted by Gasteiger charge is -2.29. The van der Waals surface area contributed by atoms with Gasteiger partial charge in [-0.05, 0) is 60.5 Å². The van der Waals surface area contributed by atoms with Crippen molar-refractivity contribution in [3.8, 4) is 6.07 Å². The second kappa shape index (κ2) is 10.1. The van der Waals surface area contributed by atoms with Gasteiger partial charge in [-0.15, -0.1) is 0 Å². The molecule has 0 bridgehead atoms. The Labute approximate surface area is 125 Å². The first kappa shape index (κ1) is 19.4. The van der Waals surface area contributed by atoms with Crippen LogP contribution in [0.5, 0.6) is 0 Å². The van der Waals surface area contributed by atoms with Crippen molar-refractivity contribution in [3.05, 3.63) is 0 Å². The Balaban J connectivity index is 4.02. The fourth-order valence-electron chi connectivity index (χ4n) is 2.28. The van der Waals surface area contributed by atoms with Crippen molar-refractivity contribution in [2.45, 2.75) is 71.6 Å². The highest BCUT2D eigenvalue weighted by Gasteiger charge is 2.27. The number of nitrogens with zero attached hydrogens (tertiary/aromatic N) is 2. The molecule has 0 aromatic carbocycles. The molecule has 0 saturated carbocycles. The van der Waals surface area contributed by atoms with E-state index in [2.05, 4.69) is 58.0 Å². The van der Waals surface area contributed by atoms with Crippen LogP contribution in [0.1, 0.15) is 53.9 Å². The smallest absolute Gasteiger partial charge is 0.106 e. The molecule has 1 N–H and O–H groups in total. The molecule has 1 atom stereocenters. The normalized spacial score (nSPS) is 14.8. The molecule has 0 aliphatic heterocycles. The van der Waals surface area contributed by atoms with Crippen molar-refractivity contribution in [2.24, 2.45) is 0 Å². The molecule has 0 fully saturated rings. The van der Waals surface area contributed by atoms with Gasteiger partial charge in [-0.3, -0.25) is 5.32 Å². The summed E-state index contributed by atoms with van der Waals surface area (Å²) in [5.41, 5.74) is -0.372. The lowest BCUT2D eigenvalue weighted by Crippen LogP contribution is -2.47. The maximum Gasteiger partial charge on any atom is 0.106 e. The summed E-state index contributed by atoms with van der Waals surface area (Å²) in [4.78, 5) is 2.27. The van der Waals surface area contributed by atoms with Crippen LogP contribution in [0.4, 0.5) is 0 Å². The highest BCUT2D eigenvalue weighted by molar-refractivity contribution is 5.06. The molecular weight excluding hydrogens is 250 g/mol. The fourth-order valence-corrected chi connectivity index (χ4v) is 2.28. The topological polar surface area (TPSA) is 48.3 Å². The van der Waals surface area contributed by atoms with Crippen LogP contribution in [-0.2, 0) is 4.74 Å². The van der Waals surface area contributed by atoms with Crippen molar-refractivity contribution in [1.29, 1.82) is 5.26 Å². The number of nitriles is 1. The van der Waals surface area contributed by atoms with E-state index in [0.717, 1.165) is 39.0 Å². The predicted molar refractivity (Wildman–Crippen MR) is 84.7 cm³/mol. The summed E-state index contributed by atoms with van der Waals surface area (Å²) in [6.07, 6.45) is 3.07. The third-order valence-corrected chi connectivity index (χ3v) is 3.45. The standard InChI is InChI=1S/C16H33N3O/c1-7-16(13-17,18-14(2)3)9-8-10-19(6)11-12-20-15(4)5/h14-15,18H,7-12H2,1-6H3. The largest absolute Gasteiger partial charge is 0.377 e. The van der Waals surface area contributed by atoms with Gasteiger partial charge in [-0.2, -0.15) is 5.26 Å². The van der Waals surface area contributed by atoms with Gasteiger partial charge in [-0.1, -0.05) is 6.92 Å². The van der Waals surface area contributed by atoms with Crippen LogP contribution in [0, 0.1) is 11.3 Å². The van der Waals surface area contributed by atoms with Gasteiger partial charge in [0, 0.05) is 12.6 Å². The Morgan fingerprint density at radius 2 is 1.90 bits per heavy atom. The lowest BCUT2D eigenvalue weighted by atomic mass is 9.91. The van der Waals surface area contributed by atoms with Crippen LogP contribution in [0.15, 0.2) is 0 Å². The van der Waals surface area contributed by atoms with E-state index in [4.69, 9.17) is 4.74 Å². The van der Waals surface area contributed by atoms with Crippen molar-refractivity contribution in [2.75, 3.05) is 26.7 Å². The monoisotopic (exact) mass is 283 g/mol. The highest BCUT2D eigenvalue weighted by Crippen LogP contribution is 2.17. The van der Waals surface area contributed by atoms with E-state index >= 15 is 0 Å². The van der Waals surface area contributed by atoms with Crippen LogP contribution in [0.3, 0.4) is 0 Å². The van der Waals surface area contributed by atoms with Crippen LogP contribution < -0.4 is 5.32 Å². The number of hydrogen-bond donors (Lipinski definition) is 1. The summed E-state index contributed by atoms with van der Waals surface area (Å²) < 4.78 is 5.55. The summed E-state index contributed by atoms with van der Waals surface area (Å²) in [5.74, 6) is 0. The van der Waals surface area contributed by atoms with Gasteiger partial charge in [0.2, 0.25) is 0 Å². The zero-order valence-corrected chi connectivity index (χ0v) is 14.2. The first-order valence-electron chi connectivity index (χ1n) is 7.84. The molecule has 4 heteroatoms. The molecule has 0 saturated heterocycles.